The molecular formula is C16H30N4O. The third-order valence-electron chi connectivity index (χ3n) is 4.86. The van der Waals surface area contributed by atoms with E-state index in [9.17, 15) is 4.79 Å². The van der Waals surface area contributed by atoms with E-state index in [1.54, 1.807) is 0 Å². The maximum atomic E-state index is 12.2. The first-order chi connectivity index (χ1) is 10.2. The molecule has 2 rings (SSSR count). The minimum Gasteiger partial charge on any atom is -0.370 e. The van der Waals surface area contributed by atoms with Gasteiger partial charge in [0.25, 0.3) is 0 Å². The van der Waals surface area contributed by atoms with Crippen LogP contribution in [0.1, 0.15) is 64.2 Å². The number of amides is 1. The zero-order valence-electron chi connectivity index (χ0n) is 13.3. The molecule has 0 unspecified atom stereocenters. The van der Waals surface area contributed by atoms with Gasteiger partial charge in [0.05, 0.1) is 0 Å². The van der Waals surface area contributed by atoms with Gasteiger partial charge in [0.15, 0.2) is 5.96 Å². The van der Waals surface area contributed by atoms with E-state index < -0.39 is 0 Å². The lowest BCUT2D eigenvalue weighted by Crippen LogP contribution is -2.43. The van der Waals surface area contributed by atoms with E-state index in [1.165, 1.54) is 38.5 Å². The SMILES string of the molecule is CN(C(=O)CN=C(N)NC1CCCCC1)C1CCCCC1. The van der Waals surface area contributed by atoms with E-state index in [2.05, 4.69) is 10.3 Å². The average molecular weight is 294 g/mol. The Morgan fingerprint density at radius 2 is 1.67 bits per heavy atom. The highest BCUT2D eigenvalue weighted by Gasteiger charge is 2.21. The minimum absolute atomic E-state index is 0.0790. The van der Waals surface area contributed by atoms with Crippen molar-refractivity contribution in [3.63, 3.8) is 0 Å². The molecule has 0 saturated heterocycles. The molecule has 0 aliphatic heterocycles. The molecule has 1 amide bonds. The first-order valence-electron chi connectivity index (χ1n) is 8.49. The summed E-state index contributed by atoms with van der Waals surface area (Å²) in [5.74, 6) is 0.502. The Bertz CT molecular complexity index is 357. The van der Waals surface area contributed by atoms with Gasteiger partial charge in [-0.15, -0.1) is 0 Å². The first-order valence-corrected chi connectivity index (χ1v) is 8.49. The van der Waals surface area contributed by atoms with Crippen LogP contribution in [0.3, 0.4) is 0 Å². The molecule has 2 saturated carbocycles. The number of carbonyl (C=O) groups excluding carboxylic acids is 1. The standard InChI is InChI=1S/C16H30N4O/c1-20(14-10-6-3-7-11-14)15(21)12-18-16(17)19-13-8-4-2-5-9-13/h13-14H,2-12H2,1H3,(H3,17,18,19). The largest absolute Gasteiger partial charge is 0.370 e. The van der Waals surface area contributed by atoms with Crippen molar-refractivity contribution in [2.45, 2.75) is 76.3 Å². The van der Waals surface area contributed by atoms with Crippen molar-refractivity contribution < 1.29 is 4.79 Å². The predicted octanol–water partition coefficient (Wildman–Crippen LogP) is 2.01. The van der Waals surface area contributed by atoms with Gasteiger partial charge in [-0.3, -0.25) is 4.79 Å². The van der Waals surface area contributed by atoms with Crippen molar-refractivity contribution in [1.82, 2.24) is 10.2 Å². The Balaban J connectivity index is 1.74. The topological polar surface area (TPSA) is 70.7 Å². The van der Waals surface area contributed by atoms with Gasteiger partial charge in [0.1, 0.15) is 6.54 Å². The number of nitrogens with zero attached hydrogens (tertiary/aromatic N) is 2. The third-order valence-corrected chi connectivity index (χ3v) is 4.86. The van der Waals surface area contributed by atoms with E-state index in [0.29, 0.717) is 18.0 Å². The Morgan fingerprint density at radius 1 is 1.10 bits per heavy atom. The highest BCUT2D eigenvalue weighted by atomic mass is 16.2. The second-order valence-corrected chi connectivity index (χ2v) is 6.48. The average Bonchev–Trinajstić information content (AvgIpc) is 2.53. The lowest BCUT2D eigenvalue weighted by Gasteiger charge is -2.31. The molecule has 0 aromatic heterocycles. The molecule has 0 aromatic rings. The molecule has 2 fully saturated rings. The van der Waals surface area contributed by atoms with E-state index in [1.807, 2.05) is 11.9 Å². The smallest absolute Gasteiger partial charge is 0.244 e. The van der Waals surface area contributed by atoms with Crippen molar-refractivity contribution in [2.24, 2.45) is 10.7 Å². The van der Waals surface area contributed by atoms with Crippen LogP contribution in [0.25, 0.3) is 0 Å². The molecule has 2 aliphatic rings. The summed E-state index contributed by atoms with van der Waals surface area (Å²) in [7, 11) is 1.90. The summed E-state index contributed by atoms with van der Waals surface area (Å²) < 4.78 is 0. The fourth-order valence-electron chi connectivity index (χ4n) is 3.44. The number of likely N-dealkylation sites (N-methyl/N-ethyl adjacent to an activating group) is 1. The Labute approximate surface area is 128 Å². The van der Waals surface area contributed by atoms with Crippen LogP contribution in [0.4, 0.5) is 0 Å². The highest BCUT2D eigenvalue weighted by molar-refractivity contribution is 5.84. The van der Waals surface area contributed by atoms with Crippen LogP contribution in [0.5, 0.6) is 0 Å². The molecule has 0 heterocycles. The van der Waals surface area contributed by atoms with E-state index in [-0.39, 0.29) is 12.5 Å². The second-order valence-electron chi connectivity index (χ2n) is 6.48. The molecule has 0 radical (unpaired) electrons. The molecule has 0 atom stereocenters. The fourth-order valence-corrected chi connectivity index (χ4v) is 3.44. The minimum atomic E-state index is 0.0790. The van der Waals surface area contributed by atoms with Crippen molar-refractivity contribution in [2.75, 3.05) is 13.6 Å². The van der Waals surface area contributed by atoms with E-state index in [4.69, 9.17) is 5.73 Å². The summed E-state index contributed by atoms with van der Waals surface area (Å²) in [5, 5.41) is 3.25. The number of hydrogen-bond acceptors (Lipinski definition) is 2. The van der Waals surface area contributed by atoms with Gasteiger partial charge in [-0.2, -0.15) is 0 Å². The molecule has 0 spiro atoms. The highest BCUT2D eigenvalue weighted by Crippen LogP contribution is 2.21. The lowest BCUT2D eigenvalue weighted by molar-refractivity contribution is -0.130. The Hall–Kier alpha value is -1.26. The number of carbonyl (C=O) groups is 1. The molecule has 5 heteroatoms. The molecule has 21 heavy (non-hydrogen) atoms. The van der Waals surface area contributed by atoms with Crippen LogP contribution >= 0.6 is 0 Å². The zero-order valence-corrected chi connectivity index (χ0v) is 13.3. The number of guanidine groups is 1. The van der Waals surface area contributed by atoms with Crippen molar-refractivity contribution in [1.29, 1.82) is 0 Å². The second kappa shape index (κ2) is 8.25. The quantitative estimate of drug-likeness (QED) is 0.615. The molecule has 5 nitrogen and oxygen atoms in total. The number of nitrogens with two attached hydrogens (primary N) is 1. The Morgan fingerprint density at radius 3 is 2.29 bits per heavy atom. The maximum Gasteiger partial charge on any atom is 0.244 e. The van der Waals surface area contributed by atoms with Crippen molar-refractivity contribution in [3.8, 4) is 0 Å². The van der Waals surface area contributed by atoms with Gasteiger partial charge in [-0.1, -0.05) is 38.5 Å². The third kappa shape index (κ3) is 5.21. The molecular weight excluding hydrogens is 264 g/mol. The van der Waals surface area contributed by atoms with Crippen LogP contribution in [-0.4, -0.2) is 42.4 Å². The summed E-state index contributed by atoms with van der Waals surface area (Å²) in [6.07, 6.45) is 12.2. The molecule has 2 aliphatic carbocycles. The first kappa shape index (κ1) is 16.1. The summed E-state index contributed by atoms with van der Waals surface area (Å²) >= 11 is 0. The van der Waals surface area contributed by atoms with Crippen LogP contribution in [-0.2, 0) is 4.79 Å². The summed E-state index contributed by atoms with van der Waals surface area (Å²) in [6, 6.07) is 0.836. The summed E-state index contributed by atoms with van der Waals surface area (Å²) in [4.78, 5) is 18.3. The molecule has 0 aromatic carbocycles. The van der Waals surface area contributed by atoms with Gasteiger partial charge in [-0.05, 0) is 25.7 Å². The monoisotopic (exact) mass is 294 g/mol. The van der Waals surface area contributed by atoms with Gasteiger partial charge in [-0.25, -0.2) is 4.99 Å². The summed E-state index contributed by atoms with van der Waals surface area (Å²) in [6.45, 7) is 0.165. The number of rotatable bonds is 4. The molecule has 120 valence electrons. The zero-order chi connectivity index (χ0) is 15.1. The van der Waals surface area contributed by atoms with Gasteiger partial charge in [0, 0.05) is 19.1 Å². The van der Waals surface area contributed by atoms with Gasteiger partial charge < -0.3 is 16.0 Å². The van der Waals surface area contributed by atoms with Gasteiger partial charge in [0.2, 0.25) is 5.91 Å². The molecule has 0 bridgehead atoms. The number of nitrogens with one attached hydrogen (secondary N) is 1. The van der Waals surface area contributed by atoms with E-state index >= 15 is 0 Å². The normalized spacial score (nSPS) is 22.0. The van der Waals surface area contributed by atoms with Crippen molar-refractivity contribution in [3.05, 3.63) is 0 Å². The number of aliphatic imine (C=N–C) groups is 1. The lowest BCUT2D eigenvalue weighted by atomic mass is 9.94. The maximum absolute atomic E-state index is 12.2. The Kier molecular flexibility index (Phi) is 6.33. The fraction of sp³-hybridized carbons (Fsp3) is 0.875. The van der Waals surface area contributed by atoms with Crippen LogP contribution < -0.4 is 11.1 Å². The number of hydrogen-bond donors (Lipinski definition) is 2. The van der Waals surface area contributed by atoms with Crippen LogP contribution in [0.2, 0.25) is 0 Å². The van der Waals surface area contributed by atoms with E-state index in [0.717, 1.165) is 25.7 Å². The molecule has 3 N–H and O–H groups in total. The van der Waals surface area contributed by atoms with Crippen molar-refractivity contribution >= 4 is 11.9 Å². The summed E-state index contributed by atoms with van der Waals surface area (Å²) in [5.41, 5.74) is 5.90. The van der Waals surface area contributed by atoms with Gasteiger partial charge >= 0.3 is 0 Å². The predicted molar refractivity (Wildman–Crippen MR) is 86.1 cm³/mol. The van der Waals surface area contributed by atoms with Crippen LogP contribution in [0, 0.1) is 0 Å². The van der Waals surface area contributed by atoms with Crippen LogP contribution in [0.15, 0.2) is 4.99 Å².